The Morgan fingerprint density at radius 1 is 1.33 bits per heavy atom. The number of fused-ring (bicyclic) bond motifs is 1. The Morgan fingerprint density at radius 3 is 2.92 bits per heavy atom. The molecule has 0 spiro atoms. The number of nitrogen functional groups attached to an aromatic ring is 1. The summed E-state index contributed by atoms with van der Waals surface area (Å²) in [5.41, 5.74) is 12.7. The van der Waals surface area contributed by atoms with E-state index >= 15 is 0 Å². The fraction of sp³-hybridized carbons (Fsp3) is 0.0625. The number of hydrogen-bond donors (Lipinski definition) is 4. The number of carbonyl (C=O) groups is 1. The number of guanidine groups is 1. The highest BCUT2D eigenvalue weighted by molar-refractivity contribution is 6.07. The average molecular weight is 324 g/mol. The highest BCUT2D eigenvalue weighted by Crippen LogP contribution is 2.30. The molecule has 24 heavy (non-hydrogen) atoms. The molecule has 3 aromatic rings. The molecule has 8 heteroatoms. The van der Waals surface area contributed by atoms with E-state index in [1.54, 1.807) is 24.4 Å². The lowest BCUT2D eigenvalue weighted by atomic mass is 10.2. The number of carbonyl (C=O) groups excluding carboxylic acids is 1. The third-order valence-electron chi connectivity index (χ3n) is 3.31. The van der Waals surface area contributed by atoms with Gasteiger partial charge in [-0.1, -0.05) is 12.1 Å². The first kappa shape index (κ1) is 15.3. The first-order chi connectivity index (χ1) is 11.6. The molecule has 0 bridgehead atoms. The lowest BCUT2D eigenvalue weighted by Crippen LogP contribution is -2.36. The molecule has 2 heterocycles. The Hall–Kier alpha value is -3.55. The fourth-order valence-corrected chi connectivity index (χ4v) is 2.19. The number of para-hydroxylation sites is 1. The van der Waals surface area contributed by atoms with Gasteiger partial charge >= 0.3 is 0 Å². The van der Waals surface area contributed by atoms with E-state index in [1.165, 1.54) is 13.2 Å². The Kier molecular flexibility index (Phi) is 4.02. The van der Waals surface area contributed by atoms with Crippen molar-refractivity contribution in [2.24, 2.45) is 10.7 Å². The van der Waals surface area contributed by atoms with Crippen molar-refractivity contribution in [1.82, 2.24) is 15.3 Å². The van der Waals surface area contributed by atoms with E-state index in [0.29, 0.717) is 28.4 Å². The zero-order valence-corrected chi connectivity index (χ0v) is 12.9. The number of pyridine rings is 1. The summed E-state index contributed by atoms with van der Waals surface area (Å²) in [7, 11) is 1.49. The van der Waals surface area contributed by atoms with Gasteiger partial charge in [-0.15, -0.1) is 0 Å². The van der Waals surface area contributed by atoms with Gasteiger partial charge in [0.2, 0.25) is 0 Å². The maximum absolute atomic E-state index is 12.1. The molecule has 0 aliphatic rings. The Balaban J connectivity index is 1.94. The van der Waals surface area contributed by atoms with Crippen LogP contribution in [-0.2, 0) is 0 Å². The molecule has 0 atom stereocenters. The molecule has 6 N–H and O–H groups in total. The Bertz CT molecular complexity index is 931. The second-order valence-electron chi connectivity index (χ2n) is 5.02. The van der Waals surface area contributed by atoms with Crippen molar-refractivity contribution in [3.8, 4) is 11.5 Å². The van der Waals surface area contributed by atoms with Gasteiger partial charge in [-0.05, 0) is 12.1 Å². The van der Waals surface area contributed by atoms with Gasteiger partial charge in [0.25, 0.3) is 5.91 Å². The SMILES string of the molecule is CN=C(N)NC(=O)c1cc2cccc(Oc3cncc(N)c3)c2[nH]1. The number of ether oxygens (including phenoxy) is 1. The number of nitrogens with zero attached hydrogens (tertiary/aromatic N) is 2. The summed E-state index contributed by atoms with van der Waals surface area (Å²) in [6, 6.07) is 8.85. The highest BCUT2D eigenvalue weighted by atomic mass is 16.5. The molecule has 1 aromatic carbocycles. The summed E-state index contributed by atoms with van der Waals surface area (Å²) in [4.78, 5) is 22.8. The minimum atomic E-state index is -0.383. The van der Waals surface area contributed by atoms with Crippen molar-refractivity contribution in [2.45, 2.75) is 0 Å². The van der Waals surface area contributed by atoms with E-state index in [0.717, 1.165) is 5.39 Å². The zero-order valence-electron chi connectivity index (χ0n) is 12.9. The van der Waals surface area contributed by atoms with E-state index in [9.17, 15) is 4.79 Å². The number of hydrogen-bond acceptors (Lipinski definition) is 5. The monoisotopic (exact) mass is 324 g/mol. The summed E-state index contributed by atoms with van der Waals surface area (Å²) in [6.07, 6.45) is 3.09. The average Bonchev–Trinajstić information content (AvgIpc) is 3.00. The van der Waals surface area contributed by atoms with E-state index in [2.05, 4.69) is 20.3 Å². The summed E-state index contributed by atoms with van der Waals surface area (Å²) in [5.74, 6) is 0.716. The standard InChI is InChI=1S/C16H16N6O2/c1-19-16(18)22-15(23)12-5-9-3-2-4-13(14(9)21-12)24-11-6-10(17)7-20-8-11/h2-8,21H,17H2,1H3,(H3,18,19,22,23). The largest absolute Gasteiger partial charge is 0.453 e. The van der Waals surface area contributed by atoms with Gasteiger partial charge in [0.1, 0.15) is 11.4 Å². The van der Waals surface area contributed by atoms with Crippen LogP contribution in [0.15, 0.2) is 47.7 Å². The number of nitrogens with two attached hydrogens (primary N) is 2. The van der Waals surface area contributed by atoms with Crippen LogP contribution in [0, 0.1) is 0 Å². The van der Waals surface area contributed by atoms with Gasteiger partial charge in [0.05, 0.1) is 23.6 Å². The minimum absolute atomic E-state index is 0.0426. The van der Waals surface area contributed by atoms with E-state index < -0.39 is 0 Å². The number of nitrogens with one attached hydrogen (secondary N) is 2. The predicted molar refractivity (Wildman–Crippen MR) is 92.0 cm³/mol. The van der Waals surface area contributed by atoms with Gasteiger partial charge < -0.3 is 21.2 Å². The second-order valence-corrected chi connectivity index (χ2v) is 5.02. The number of aromatic amines is 1. The predicted octanol–water partition coefficient (Wildman–Crippen LogP) is 1.61. The summed E-state index contributed by atoms with van der Waals surface area (Å²) in [5, 5.41) is 3.29. The van der Waals surface area contributed by atoms with Gasteiger partial charge in [0.15, 0.2) is 11.7 Å². The molecule has 0 aliphatic heterocycles. The van der Waals surface area contributed by atoms with Crippen molar-refractivity contribution in [3.63, 3.8) is 0 Å². The third-order valence-corrected chi connectivity index (χ3v) is 3.31. The molecule has 122 valence electrons. The van der Waals surface area contributed by atoms with Crippen LogP contribution in [0.25, 0.3) is 10.9 Å². The van der Waals surface area contributed by atoms with Crippen molar-refractivity contribution >= 4 is 28.5 Å². The number of benzene rings is 1. The second kappa shape index (κ2) is 6.29. The smallest absolute Gasteiger partial charge is 0.274 e. The first-order valence-electron chi connectivity index (χ1n) is 7.10. The molecule has 8 nitrogen and oxygen atoms in total. The fourth-order valence-electron chi connectivity index (χ4n) is 2.19. The molecule has 3 rings (SSSR count). The normalized spacial score (nSPS) is 11.5. The molecule has 0 radical (unpaired) electrons. The zero-order chi connectivity index (χ0) is 17.1. The van der Waals surface area contributed by atoms with Crippen molar-refractivity contribution < 1.29 is 9.53 Å². The summed E-state index contributed by atoms with van der Waals surface area (Å²) in [6.45, 7) is 0. The molecule has 0 aliphatic carbocycles. The Morgan fingerprint density at radius 2 is 2.17 bits per heavy atom. The van der Waals surface area contributed by atoms with Crippen LogP contribution < -0.4 is 21.5 Å². The molecule has 0 fully saturated rings. The minimum Gasteiger partial charge on any atom is -0.453 e. The molecule has 0 unspecified atom stereocenters. The van der Waals surface area contributed by atoms with Gasteiger partial charge in [-0.3, -0.25) is 20.1 Å². The third kappa shape index (κ3) is 3.12. The molecule has 0 saturated heterocycles. The van der Waals surface area contributed by atoms with Crippen molar-refractivity contribution in [2.75, 3.05) is 12.8 Å². The summed E-state index contributed by atoms with van der Waals surface area (Å²) < 4.78 is 5.81. The van der Waals surface area contributed by atoms with Crippen LogP contribution in [0.1, 0.15) is 10.5 Å². The Labute approximate surface area is 137 Å². The van der Waals surface area contributed by atoms with E-state index in [1.807, 2.05) is 12.1 Å². The number of H-pyrrole nitrogens is 1. The lowest BCUT2D eigenvalue weighted by molar-refractivity contribution is 0.0972. The topological polar surface area (TPSA) is 131 Å². The first-order valence-corrected chi connectivity index (χ1v) is 7.10. The van der Waals surface area contributed by atoms with Crippen LogP contribution >= 0.6 is 0 Å². The van der Waals surface area contributed by atoms with Crippen LogP contribution in [0.3, 0.4) is 0 Å². The van der Waals surface area contributed by atoms with Crippen molar-refractivity contribution in [3.05, 3.63) is 48.4 Å². The van der Waals surface area contributed by atoms with Gasteiger partial charge in [0, 0.05) is 18.5 Å². The van der Waals surface area contributed by atoms with Crippen molar-refractivity contribution in [1.29, 1.82) is 0 Å². The number of aromatic nitrogens is 2. The summed E-state index contributed by atoms with van der Waals surface area (Å²) >= 11 is 0. The maximum atomic E-state index is 12.1. The lowest BCUT2D eigenvalue weighted by Gasteiger charge is -2.07. The van der Waals surface area contributed by atoms with E-state index in [-0.39, 0.29) is 11.9 Å². The van der Waals surface area contributed by atoms with Gasteiger partial charge in [-0.2, -0.15) is 0 Å². The molecule has 1 amide bonds. The quantitative estimate of drug-likeness (QED) is 0.429. The van der Waals surface area contributed by atoms with E-state index in [4.69, 9.17) is 16.2 Å². The number of anilines is 1. The van der Waals surface area contributed by atoms with Gasteiger partial charge in [-0.25, -0.2) is 0 Å². The highest BCUT2D eigenvalue weighted by Gasteiger charge is 2.13. The number of rotatable bonds is 3. The number of amides is 1. The van der Waals surface area contributed by atoms with Crippen LogP contribution in [0.4, 0.5) is 5.69 Å². The van der Waals surface area contributed by atoms with Crippen LogP contribution in [-0.4, -0.2) is 28.9 Å². The van der Waals surface area contributed by atoms with Crippen LogP contribution in [0.2, 0.25) is 0 Å². The molecule has 0 saturated carbocycles. The van der Waals surface area contributed by atoms with Crippen LogP contribution in [0.5, 0.6) is 11.5 Å². The maximum Gasteiger partial charge on any atom is 0.274 e. The molecular formula is C16H16N6O2. The number of aliphatic imine (C=N–C) groups is 1. The molecule has 2 aromatic heterocycles. The molecular weight excluding hydrogens is 308 g/mol.